The van der Waals surface area contributed by atoms with E-state index in [0.29, 0.717) is 31.5 Å². The average molecular weight is 581 g/mol. The first kappa shape index (κ1) is 31.1. The Balaban J connectivity index is 1.40. The van der Waals surface area contributed by atoms with Gasteiger partial charge in [0.1, 0.15) is 40.5 Å². The number of rotatable bonds is 11. The first-order chi connectivity index (χ1) is 18.8. The molecule has 0 atom stereocenters. The van der Waals surface area contributed by atoms with Crippen molar-refractivity contribution >= 4 is 27.7 Å². The van der Waals surface area contributed by atoms with Crippen molar-refractivity contribution in [3.05, 3.63) is 65.2 Å². The highest BCUT2D eigenvalue weighted by atomic mass is 32.2. The number of halogens is 2. The van der Waals surface area contributed by atoms with Crippen LogP contribution >= 0.6 is 0 Å². The smallest absolute Gasteiger partial charge is 0.416 e. The van der Waals surface area contributed by atoms with E-state index in [4.69, 9.17) is 9.47 Å². The number of aliphatic imine (C=N–C) groups is 1. The SMILES string of the molecule is CN(Cc1ccc(C2=NCCN2C(=O)OC(C)(C)C)cc1)C(=O)COCCNCS(=O)(=O)c1ccc(F)cc1F. The monoisotopic (exact) mass is 580 g/mol. The van der Waals surface area contributed by atoms with Crippen molar-refractivity contribution in [3.8, 4) is 0 Å². The van der Waals surface area contributed by atoms with Gasteiger partial charge in [0.2, 0.25) is 5.91 Å². The molecule has 10 nitrogen and oxygen atoms in total. The molecule has 0 fully saturated rings. The fraction of sp³-hybridized carbons (Fsp3) is 0.444. The van der Waals surface area contributed by atoms with Crippen LogP contribution in [0.3, 0.4) is 0 Å². The number of hydrogen-bond acceptors (Lipinski definition) is 8. The van der Waals surface area contributed by atoms with E-state index >= 15 is 0 Å². The van der Waals surface area contributed by atoms with E-state index < -0.39 is 43.9 Å². The normalized spacial score (nSPS) is 13.8. The molecule has 0 bridgehead atoms. The van der Waals surface area contributed by atoms with E-state index in [-0.39, 0.29) is 25.7 Å². The molecule has 3 rings (SSSR count). The van der Waals surface area contributed by atoms with Gasteiger partial charge in [-0.2, -0.15) is 0 Å². The number of amides is 2. The molecular weight excluding hydrogens is 546 g/mol. The zero-order chi connectivity index (χ0) is 29.5. The molecule has 1 heterocycles. The predicted octanol–water partition coefficient (Wildman–Crippen LogP) is 2.96. The Morgan fingerprint density at radius 3 is 2.48 bits per heavy atom. The van der Waals surface area contributed by atoms with Crippen LogP contribution in [0.5, 0.6) is 0 Å². The van der Waals surface area contributed by atoms with Gasteiger partial charge in [-0.1, -0.05) is 24.3 Å². The number of sulfone groups is 1. The Kier molecular flexibility index (Phi) is 10.3. The van der Waals surface area contributed by atoms with Crippen LogP contribution in [-0.4, -0.2) is 87.4 Å². The molecule has 0 saturated heterocycles. The Hall–Kier alpha value is -3.42. The van der Waals surface area contributed by atoms with Crippen molar-refractivity contribution in [2.45, 2.75) is 37.8 Å². The van der Waals surface area contributed by atoms with Crippen LogP contribution in [-0.2, 0) is 30.7 Å². The minimum absolute atomic E-state index is 0.0476. The molecule has 218 valence electrons. The van der Waals surface area contributed by atoms with Crippen LogP contribution in [0.2, 0.25) is 0 Å². The zero-order valence-electron chi connectivity index (χ0n) is 22.9. The molecule has 1 aliphatic heterocycles. The van der Waals surface area contributed by atoms with Crippen LogP contribution in [0.25, 0.3) is 0 Å². The maximum atomic E-state index is 13.7. The summed E-state index contributed by atoms with van der Waals surface area (Å²) < 4.78 is 62.0. The van der Waals surface area contributed by atoms with Crippen molar-refractivity contribution in [2.24, 2.45) is 4.99 Å². The summed E-state index contributed by atoms with van der Waals surface area (Å²) in [6, 6.07) is 9.64. The Bertz CT molecular complexity index is 1340. The molecule has 2 aromatic carbocycles. The van der Waals surface area contributed by atoms with Gasteiger partial charge < -0.3 is 19.7 Å². The van der Waals surface area contributed by atoms with Crippen LogP contribution in [0, 0.1) is 11.6 Å². The van der Waals surface area contributed by atoms with Crippen LogP contribution in [0.1, 0.15) is 31.9 Å². The quantitative estimate of drug-likeness (QED) is 0.321. The minimum Gasteiger partial charge on any atom is -0.443 e. The van der Waals surface area contributed by atoms with Gasteiger partial charge in [0, 0.05) is 31.8 Å². The highest BCUT2D eigenvalue weighted by molar-refractivity contribution is 7.91. The average Bonchev–Trinajstić information content (AvgIpc) is 3.35. The molecule has 0 radical (unpaired) electrons. The summed E-state index contributed by atoms with van der Waals surface area (Å²) in [7, 11) is -2.37. The number of carbonyl (C=O) groups is 2. The van der Waals surface area contributed by atoms with Crippen molar-refractivity contribution in [1.29, 1.82) is 0 Å². The molecule has 0 aliphatic carbocycles. The molecule has 0 spiro atoms. The summed E-state index contributed by atoms with van der Waals surface area (Å²) in [5.74, 6) is -2.32. The molecule has 0 saturated carbocycles. The van der Waals surface area contributed by atoms with Gasteiger partial charge in [-0.25, -0.2) is 22.0 Å². The summed E-state index contributed by atoms with van der Waals surface area (Å²) in [5, 5.41) is 2.62. The highest BCUT2D eigenvalue weighted by Crippen LogP contribution is 2.18. The molecule has 40 heavy (non-hydrogen) atoms. The predicted molar refractivity (Wildman–Crippen MR) is 144 cm³/mol. The van der Waals surface area contributed by atoms with Gasteiger partial charge in [-0.3, -0.25) is 14.7 Å². The van der Waals surface area contributed by atoms with Gasteiger partial charge in [-0.15, -0.1) is 0 Å². The van der Waals surface area contributed by atoms with Gasteiger partial charge in [0.05, 0.1) is 19.7 Å². The third-order valence-electron chi connectivity index (χ3n) is 5.68. The lowest BCUT2D eigenvalue weighted by atomic mass is 10.1. The summed E-state index contributed by atoms with van der Waals surface area (Å²) in [5.41, 5.74) is 1.02. The first-order valence-corrected chi connectivity index (χ1v) is 14.3. The molecule has 2 amide bonds. The third kappa shape index (κ3) is 8.80. The second kappa shape index (κ2) is 13.3. The molecule has 13 heteroatoms. The van der Waals surface area contributed by atoms with Crippen LogP contribution in [0.4, 0.5) is 13.6 Å². The van der Waals surface area contributed by atoms with E-state index in [0.717, 1.165) is 23.3 Å². The van der Waals surface area contributed by atoms with E-state index in [9.17, 15) is 26.8 Å². The number of benzene rings is 2. The Labute approximate surface area is 232 Å². The Morgan fingerprint density at radius 1 is 1.12 bits per heavy atom. The fourth-order valence-electron chi connectivity index (χ4n) is 3.74. The molecular formula is C27H34F2N4O6S. The van der Waals surface area contributed by atoms with Gasteiger partial charge in [0.15, 0.2) is 9.84 Å². The molecule has 0 unspecified atom stereocenters. The second-order valence-corrected chi connectivity index (χ2v) is 12.1. The lowest BCUT2D eigenvalue weighted by Gasteiger charge is -2.25. The van der Waals surface area contributed by atoms with Crippen molar-refractivity contribution in [1.82, 2.24) is 15.1 Å². The topological polar surface area (TPSA) is 118 Å². The highest BCUT2D eigenvalue weighted by Gasteiger charge is 2.29. The minimum atomic E-state index is -4.00. The second-order valence-electron chi connectivity index (χ2n) is 10.2. The first-order valence-electron chi connectivity index (χ1n) is 12.6. The summed E-state index contributed by atoms with van der Waals surface area (Å²) in [6.45, 7) is 6.62. The van der Waals surface area contributed by atoms with Crippen molar-refractivity contribution in [3.63, 3.8) is 0 Å². The number of likely N-dealkylation sites (N-methyl/N-ethyl adjacent to an activating group) is 1. The van der Waals surface area contributed by atoms with Gasteiger partial charge >= 0.3 is 6.09 Å². The van der Waals surface area contributed by atoms with E-state index in [1.807, 2.05) is 24.3 Å². The van der Waals surface area contributed by atoms with Crippen molar-refractivity contribution in [2.75, 3.05) is 45.8 Å². The summed E-state index contributed by atoms with van der Waals surface area (Å²) >= 11 is 0. The Morgan fingerprint density at radius 2 is 1.82 bits per heavy atom. The number of nitrogens with one attached hydrogen (secondary N) is 1. The third-order valence-corrected chi connectivity index (χ3v) is 7.27. The van der Waals surface area contributed by atoms with Gasteiger partial charge in [-0.05, 0) is 38.5 Å². The number of amidine groups is 1. The summed E-state index contributed by atoms with van der Waals surface area (Å²) in [6.07, 6.45) is -0.447. The van der Waals surface area contributed by atoms with E-state index in [1.54, 1.807) is 27.8 Å². The lowest BCUT2D eigenvalue weighted by Crippen LogP contribution is -2.39. The van der Waals surface area contributed by atoms with E-state index in [1.165, 1.54) is 9.80 Å². The maximum absolute atomic E-state index is 13.7. The standard InChI is InChI=1S/C27H34F2N4O6S/c1-27(2,3)39-26(35)33-13-11-31-25(33)20-7-5-19(6-8-20)16-32(4)24(34)17-38-14-12-30-18-40(36,37)23-10-9-21(28)15-22(23)29/h5-10,15,30H,11-14,16-18H2,1-4H3. The maximum Gasteiger partial charge on any atom is 0.416 e. The number of ether oxygens (including phenoxy) is 2. The molecule has 0 aromatic heterocycles. The largest absolute Gasteiger partial charge is 0.443 e. The summed E-state index contributed by atoms with van der Waals surface area (Å²) in [4.78, 5) is 31.8. The van der Waals surface area contributed by atoms with Crippen LogP contribution in [0.15, 0.2) is 52.4 Å². The van der Waals surface area contributed by atoms with E-state index in [2.05, 4.69) is 10.3 Å². The molecule has 2 aromatic rings. The number of carbonyl (C=O) groups excluding carboxylic acids is 2. The molecule has 1 aliphatic rings. The number of nitrogens with zero attached hydrogens (tertiary/aromatic N) is 3. The molecule has 1 N–H and O–H groups in total. The van der Waals surface area contributed by atoms with Gasteiger partial charge in [0.25, 0.3) is 0 Å². The number of hydrogen-bond donors (Lipinski definition) is 1. The zero-order valence-corrected chi connectivity index (χ0v) is 23.8. The van der Waals surface area contributed by atoms with Crippen LogP contribution < -0.4 is 5.32 Å². The van der Waals surface area contributed by atoms with Crippen molar-refractivity contribution < 1.29 is 36.3 Å². The lowest BCUT2D eigenvalue weighted by molar-refractivity contribution is -0.135. The fourth-order valence-corrected chi connectivity index (χ4v) is 4.94.